The van der Waals surface area contributed by atoms with Gasteiger partial charge in [-0.1, -0.05) is 13.8 Å². The minimum atomic E-state index is -0.130. The summed E-state index contributed by atoms with van der Waals surface area (Å²) in [6.45, 7) is 4.14. The van der Waals surface area contributed by atoms with Gasteiger partial charge in [-0.15, -0.1) is 0 Å². The topological polar surface area (TPSA) is 41.1 Å². The Hall–Kier alpha value is -0.780. The standard InChI is InChI=1S/C12H17IN2O/c1-3-10(4-2)14-12(16)15-11-7-5-9(13)6-8-11/h5-8,10H,3-4H2,1-2H3,(H2,14,15,16). The second-order valence-electron chi connectivity index (χ2n) is 3.62. The number of hydrogen-bond donors (Lipinski definition) is 2. The highest BCUT2D eigenvalue weighted by molar-refractivity contribution is 14.1. The van der Waals surface area contributed by atoms with E-state index < -0.39 is 0 Å². The summed E-state index contributed by atoms with van der Waals surface area (Å²) in [6, 6.07) is 7.85. The highest BCUT2D eigenvalue weighted by Crippen LogP contribution is 2.11. The molecule has 0 fully saturated rings. The number of benzene rings is 1. The Kier molecular flexibility index (Phi) is 5.59. The predicted molar refractivity (Wildman–Crippen MR) is 75.7 cm³/mol. The first-order valence-electron chi connectivity index (χ1n) is 5.48. The summed E-state index contributed by atoms with van der Waals surface area (Å²) < 4.78 is 1.16. The molecule has 0 aliphatic carbocycles. The predicted octanol–water partition coefficient (Wildman–Crippen LogP) is 3.60. The number of anilines is 1. The minimum absolute atomic E-state index is 0.130. The molecule has 0 unspecified atom stereocenters. The Labute approximate surface area is 110 Å². The molecule has 0 bridgehead atoms. The zero-order valence-electron chi connectivity index (χ0n) is 9.59. The van der Waals surface area contributed by atoms with Crippen LogP contribution in [-0.4, -0.2) is 12.1 Å². The van der Waals surface area contributed by atoms with Gasteiger partial charge in [0.2, 0.25) is 0 Å². The average molecular weight is 332 g/mol. The smallest absolute Gasteiger partial charge is 0.319 e. The first-order valence-corrected chi connectivity index (χ1v) is 6.56. The summed E-state index contributed by atoms with van der Waals surface area (Å²) in [4.78, 5) is 11.6. The van der Waals surface area contributed by atoms with Crippen LogP contribution in [0.3, 0.4) is 0 Å². The first-order chi connectivity index (χ1) is 7.65. The van der Waals surface area contributed by atoms with Crippen LogP contribution in [-0.2, 0) is 0 Å². The van der Waals surface area contributed by atoms with Gasteiger partial charge in [-0.2, -0.15) is 0 Å². The quantitative estimate of drug-likeness (QED) is 0.813. The van der Waals surface area contributed by atoms with Gasteiger partial charge in [0, 0.05) is 15.3 Å². The van der Waals surface area contributed by atoms with Crippen LogP contribution in [0.2, 0.25) is 0 Å². The summed E-state index contributed by atoms with van der Waals surface area (Å²) in [5.41, 5.74) is 0.823. The molecule has 4 heteroatoms. The molecule has 0 saturated carbocycles. The molecule has 16 heavy (non-hydrogen) atoms. The zero-order valence-corrected chi connectivity index (χ0v) is 11.7. The van der Waals surface area contributed by atoms with Gasteiger partial charge in [0.25, 0.3) is 0 Å². The molecule has 0 aliphatic rings. The molecule has 0 saturated heterocycles. The van der Waals surface area contributed by atoms with Crippen LogP contribution in [0.15, 0.2) is 24.3 Å². The molecule has 2 N–H and O–H groups in total. The number of amides is 2. The number of halogens is 1. The van der Waals surface area contributed by atoms with Crippen molar-refractivity contribution in [3.63, 3.8) is 0 Å². The van der Waals surface area contributed by atoms with Gasteiger partial charge in [0.05, 0.1) is 0 Å². The van der Waals surface area contributed by atoms with Crippen molar-refractivity contribution in [2.24, 2.45) is 0 Å². The van der Waals surface area contributed by atoms with Crippen molar-refractivity contribution in [3.8, 4) is 0 Å². The Morgan fingerprint density at radius 1 is 1.25 bits per heavy atom. The van der Waals surface area contributed by atoms with Gasteiger partial charge < -0.3 is 10.6 Å². The van der Waals surface area contributed by atoms with E-state index in [-0.39, 0.29) is 12.1 Å². The molecular formula is C12H17IN2O. The van der Waals surface area contributed by atoms with E-state index >= 15 is 0 Å². The number of carbonyl (C=O) groups excluding carboxylic acids is 1. The lowest BCUT2D eigenvalue weighted by molar-refractivity contribution is 0.247. The highest BCUT2D eigenvalue weighted by atomic mass is 127. The van der Waals surface area contributed by atoms with E-state index in [1.165, 1.54) is 0 Å². The lowest BCUT2D eigenvalue weighted by Gasteiger charge is -2.15. The fraction of sp³-hybridized carbons (Fsp3) is 0.417. The lowest BCUT2D eigenvalue weighted by Crippen LogP contribution is -2.37. The third-order valence-electron chi connectivity index (χ3n) is 2.42. The van der Waals surface area contributed by atoms with E-state index in [2.05, 4.69) is 47.1 Å². The number of carbonyl (C=O) groups is 1. The fourth-order valence-corrected chi connectivity index (χ4v) is 1.74. The van der Waals surface area contributed by atoms with Gasteiger partial charge >= 0.3 is 6.03 Å². The second kappa shape index (κ2) is 6.73. The van der Waals surface area contributed by atoms with Crippen LogP contribution in [0.5, 0.6) is 0 Å². The summed E-state index contributed by atoms with van der Waals surface area (Å²) in [6.07, 6.45) is 1.91. The van der Waals surface area contributed by atoms with Crippen molar-refractivity contribution in [3.05, 3.63) is 27.8 Å². The van der Waals surface area contributed by atoms with Gasteiger partial charge in [0.1, 0.15) is 0 Å². The zero-order chi connectivity index (χ0) is 12.0. The van der Waals surface area contributed by atoms with Crippen molar-refractivity contribution in [1.29, 1.82) is 0 Å². The van der Waals surface area contributed by atoms with Crippen molar-refractivity contribution >= 4 is 34.3 Å². The summed E-state index contributed by atoms with van der Waals surface area (Å²) >= 11 is 2.23. The monoisotopic (exact) mass is 332 g/mol. The van der Waals surface area contributed by atoms with E-state index in [9.17, 15) is 4.79 Å². The molecule has 1 aromatic rings. The maximum absolute atomic E-state index is 11.6. The summed E-state index contributed by atoms with van der Waals surface area (Å²) in [5.74, 6) is 0. The molecule has 0 heterocycles. The van der Waals surface area contributed by atoms with Crippen molar-refractivity contribution < 1.29 is 4.79 Å². The lowest BCUT2D eigenvalue weighted by atomic mass is 10.2. The van der Waals surface area contributed by atoms with Crippen LogP contribution < -0.4 is 10.6 Å². The molecule has 3 nitrogen and oxygen atoms in total. The van der Waals surface area contributed by atoms with E-state index in [0.29, 0.717) is 0 Å². The van der Waals surface area contributed by atoms with Gasteiger partial charge in [0.15, 0.2) is 0 Å². The normalized spacial score (nSPS) is 10.2. The number of hydrogen-bond acceptors (Lipinski definition) is 1. The van der Waals surface area contributed by atoms with E-state index in [4.69, 9.17) is 0 Å². The Morgan fingerprint density at radius 2 is 1.81 bits per heavy atom. The van der Waals surface area contributed by atoms with Crippen LogP contribution >= 0.6 is 22.6 Å². The Bertz CT molecular complexity index is 333. The van der Waals surface area contributed by atoms with Gasteiger partial charge in [-0.25, -0.2) is 4.79 Å². The minimum Gasteiger partial charge on any atom is -0.335 e. The third kappa shape index (κ3) is 4.38. The Balaban J connectivity index is 2.48. The molecule has 88 valence electrons. The molecule has 2 amide bonds. The van der Waals surface area contributed by atoms with Gasteiger partial charge in [-0.05, 0) is 59.7 Å². The fourth-order valence-electron chi connectivity index (χ4n) is 1.38. The summed E-state index contributed by atoms with van der Waals surface area (Å²) in [7, 11) is 0. The molecule has 0 aliphatic heterocycles. The first kappa shape index (κ1) is 13.3. The summed E-state index contributed by atoms with van der Waals surface area (Å²) in [5, 5.41) is 5.74. The number of nitrogens with one attached hydrogen (secondary N) is 2. The second-order valence-corrected chi connectivity index (χ2v) is 4.86. The largest absolute Gasteiger partial charge is 0.335 e. The van der Waals surface area contributed by atoms with Crippen LogP contribution in [0, 0.1) is 3.57 Å². The SMILES string of the molecule is CCC(CC)NC(=O)Nc1ccc(I)cc1. The van der Waals surface area contributed by atoms with Crippen molar-refractivity contribution in [1.82, 2.24) is 5.32 Å². The van der Waals surface area contributed by atoms with Gasteiger partial charge in [-0.3, -0.25) is 0 Å². The van der Waals surface area contributed by atoms with E-state index in [1.54, 1.807) is 0 Å². The van der Waals surface area contributed by atoms with Crippen LogP contribution in [0.25, 0.3) is 0 Å². The van der Waals surface area contributed by atoms with Crippen LogP contribution in [0.4, 0.5) is 10.5 Å². The number of rotatable bonds is 4. The molecule has 0 radical (unpaired) electrons. The maximum Gasteiger partial charge on any atom is 0.319 e. The number of urea groups is 1. The third-order valence-corrected chi connectivity index (χ3v) is 3.14. The molecule has 0 atom stereocenters. The molecule has 0 aromatic heterocycles. The Morgan fingerprint density at radius 3 is 2.31 bits per heavy atom. The van der Waals surface area contributed by atoms with Crippen LogP contribution in [0.1, 0.15) is 26.7 Å². The average Bonchev–Trinajstić information content (AvgIpc) is 2.29. The van der Waals surface area contributed by atoms with Crippen molar-refractivity contribution in [2.45, 2.75) is 32.7 Å². The maximum atomic E-state index is 11.6. The van der Waals surface area contributed by atoms with E-state index in [0.717, 1.165) is 22.1 Å². The molecule has 1 aromatic carbocycles. The molecule has 0 spiro atoms. The highest BCUT2D eigenvalue weighted by Gasteiger charge is 2.07. The van der Waals surface area contributed by atoms with Crippen molar-refractivity contribution in [2.75, 3.05) is 5.32 Å². The molecule has 1 rings (SSSR count). The molecular weight excluding hydrogens is 315 g/mol. The van der Waals surface area contributed by atoms with E-state index in [1.807, 2.05) is 24.3 Å².